The molecular formula is C15H26N2O3. The molecule has 2 rings (SSSR count). The van der Waals surface area contributed by atoms with E-state index in [9.17, 15) is 9.59 Å². The lowest BCUT2D eigenvalue weighted by atomic mass is 9.96. The van der Waals surface area contributed by atoms with Gasteiger partial charge in [-0.25, -0.2) is 4.79 Å². The zero-order chi connectivity index (χ0) is 14.5. The Morgan fingerprint density at radius 3 is 2.70 bits per heavy atom. The monoisotopic (exact) mass is 282 g/mol. The summed E-state index contributed by atoms with van der Waals surface area (Å²) < 4.78 is 0. The van der Waals surface area contributed by atoms with E-state index < -0.39 is 5.97 Å². The molecule has 114 valence electrons. The van der Waals surface area contributed by atoms with Gasteiger partial charge in [0.05, 0.1) is 5.92 Å². The van der Waals surface area contributed by atoms with Crippen LogP contribution < -0.4 is 5.32 Å². The second-order valence-electron chi connectivity index (χ2n) is 6.34. The van der Waals surface area contributed by atoms with Gasteiger partial charge in [0.25, 0.3) is 0 Å². The Balaban J connectivity index is 1.78. The van der Waals surface area contributed by atoms with Crippen LogP contribution in [-0.2, 0) is 4.79 Å². The summed E-state index contributed by atoms with van der Waals surface area (Å²) in [4.78, 5) is 25.2. The second-order valence-corrected chi connectivity index (χ2v) is 6.34. The summed E-state index contributed by atoms with van der Waals surface area (Å²) in [6.07, 6.45) is 5.93. The van der Waals surface area contributed by atoms with Gasteiger partial charge < -0.3 is 15.3 Å². The van der Waals surface area contributed by atoms with Crippen molar-refractivity contribution in [3.05, 3.63) is 0 Å². The Kier molecular flexibility index (Phi) is 5.26. The first-order valence-corrected chi connectivity index (χ1v) is 7.83. The number of nitrogens with zero attached hydrogens (tertiary/aromatic N) is 1. The fraction of sp³-hybridized carbons (Fsp3) is 0.867. The fourth-order valence-electron chi connectivity index (χ4n) is 3.40. The van der Waals surface area contributed by atoms with Crippen LogP contribution in [0.25, 0.3) is 0 Å². The zero-order valence-corrected chi connectivity index (χ0v) is 12.3. The summed E-state index contributed by atoms with van der Waals surface area (Å²) >= 11 is 0. The largest absolute Gasteiger partial charge is 0.481 e. The first-order valence-electron chi connectivity index (χ1n) is 7.83. The van der Waals surface area contributed by atoms with Crippen LogP contribution >= 0.6 is 0 Å². The van der Waals surface area contributed by atoms with Crippen LogP contribution in [0, 0.1) is 17.8 Å². The number of nitrogens with one attached hydrogen (secondary N) is 1. The molecule has 0 aromatic rings. The maximum absolute atomic E-state index is 12.2. The lowest BCUT2D eigenvalue weighted by molar-refractivity contribution is -0.142. The van der Waals surface area contributed by atoms with Crippen molar-refractivity contribution < 1.29 is 14.7 Å². The first-order chi connectivity index (χ1) is 9.58. The van der Waals surface area contributed by atoms with Crippen molar-refractivity contribution in [3.63, 3.8) is 0 Å². The van der Waals surface area contributed by atoms with E-state index in [-0.39, 0.29) is 17.9 Å². The predicted octanol–water partition coefficient (Wildman–Crippen LogP) is 2.32. The minimum atomic E-state index is -0.717. The molecule has 2 aliphatic rings. The van der Waals surface area contributed by atoms with Crippen molar-refractivity contribution in [3.8, 4) is 0 Å². The normalized spacial score (nSPS) is 30.9. The molecule has 0 bridgehead atoms. The number of urea groups is 1. The molecule has 20 heavy (non-hydrogen) atoms. The van der Waals surface area contributed by atoms with E-state index >= 15 is 0 Å². The third-order valence-corrected chi connectivity index (χ3v) is 4.80. The number of aliphatic carboxylic acids is 1. The maximum Gasteiger partial charge on any atom is 0.317 e. The highest BCUT2D eigenvalue weighted by atomic mass is 16.4. The maximum atomic E-state index is 12.2. The SMILES string of the molecule is CC1CCCN(C(=O)NCC2CCCC2C(=O)O)CC1. The van der Waals surface area contributed by atoms with E-state index in [1.165, 1.54) is 6.42 Å². The average molecular weight is 282 g/mol. The van der Waals surface area contributed by atoms with Crippen LogP contribution in [0.15, 0.2) is 0 Å². The average Bonchev–Trinajstić information content (AvgIpc) is 2.78. The molecule has 0 aromatic heterocycles. The summed E-state index contributed by atoms with van der Waals surface area (Å²) in [5, 5.41) is 12.1. The van der Waals surface area contributed by atoms with Crippen LogP contribution in [0.5, 0.6) is 0 Å². The minimum Gasteiger partial charge on any atom is -0.481 e. The quantitative estimate of drug-likeness (QED) is 0.834. The van der Waals surface area contributed by atoms with Crippen LogP contribution in [-0.4, -0.2) is 41.6 Å². The third-order valence-electron chi connectivity index (χ3n) is 4.80. The number of likely N-dealkylation sites (tertiary alicyclic amines) is 1. The fourth-order valence-corrected chi connectivity index (χ4v) is 3.40. The lowest BCUT2D eigenvalue weighted by Crippen LogP contribution is -2.43. The number of carbonyl (C=O) groups excluding carboxylic acids is 1. The Bertz CT molecular complexity index is 359. The molecule has 1 saturated heterocycles. The summed E-state index contributed by atoms with van der Waals surface area (Å²) in [5.74, 6) is -0.203. The van der Waals surface area contributed by atoms with Gasteiger partial charge in [0, 0.05) is 19.6 Å². The summed E-state index contributed by atoms with van der Waals surface area (Å²) in [5.41, 5.74) is 0. The van der Waals surface area contributed by atoms with Crippen LogP contribution in [0.4, 0.5) is 4.79 Å². The standard InChI is InChI=1S/C15H26N2O3/c1-11-4-3-8-17(9-7-11)15(20)16-10-12-5-2-6-13(12)14(18)19/h11-13H,2-10H2,1H3,(H,16,20)(H,18,19). The van der Waals surface area contributed by atoms with Crippen molar-refractivity contribution in [2.75, 3.05) is 19.6 Å². The number of carboxylic acids is 1. The smallest absolute Gasteiger partial charge is 0.317 e. The van der Waals surface area contributed by atoms with E-state index in [2.05, 4.69) is 12.2 Å². The van der Waals surface area contributed by atoms with Crippen LogP contribution in [0.3, 0.4) is 0 Å². The van der Waals surface area contributed by atoms with Gasteiger partial charge in [0.2, 0.25) is 0 Å². The number of carboxylic acid groups (broad SMARTS) is 1. The number of amides is 2. The van der Waals surface area contributed by atoms with Gasteiger partial charge in [-0.3, -0.25) is 4.79 Å². The highest BCUT2D eigenvalue weighted by Crippen LogP contribution is 2.31. The van der Waals surface area contributed by atoms with Gasteiger partial charge in [0.1, 0.15) is 0 Å². The van der Waals surface area contributed by atoms with Crippen molar-refractivity contribution in [2.24, 2.45) is 17.8 Å². The number of hydrogen-bond donors (Lipinski definition) is 2. The molecule has 0 aromatic carbocycles. The molecule has 2 fully saturated rings. The van der Waals surface area contributed by atoms with Gasteiger partial charge in [-0.2, -0.15) is 0 Å². The van der Waals surface area contributed by atoms with Gasteiger partial charge in [-0.1, -0.05) is 13.3 Å². The van der Waals surface area contributed by atoms with E-state index in [1.807, 2.05) is 4.90 Å². The molecule has 2 N–H and O–H groups in total. The summed E-state index contributed by atoms with van der Waals surface area (Å²) in [6, 6.07) is -0.0184. The van der Waals surface area contributed by atoms with Gasteiger partial charge in [-0.05, 0) is 43.9 Å². The van der Waals surface area contributed by atoms with Crippen LogP contribution in [0.2, 0.25) is 0 Å². The molecule has 3 unspecified atom stereocenters. The van der Waals surface area contributed by atoms with Gasteiger partial charge >= 0.3 is 12.0 Å². The molecule has 2 amide bonds. The number of hydrogen-bond acceptors (Lipinski definition) is 2. The van der Waals surface area contributed by atoms with Crippen molar-refractivity contribution in [2.45, 2.75) is 45.4 Å². The topological polar surface area (TPSA) is 69.6 Å². The van der Waals surface area contributed by atoms with Crippen LogP contribution in [0.1, 0.15) is 45.4 Å². The first kappa shape index (κ1) is 15.1. The molecule has 1 saturated carbocycles. The summed E-state index contributed by atoms with van der Waals surface area (Å²) in [7, 11) is 0. The number of rotatable bonds is 3. The molecule has 5 nitrogen and oxygen atoms in total. The second kappa shape index (κ2) is 6.95. The Labute approximate surface area is 120 Å². The van der Waals surface area contributed by atoms with Gasteiger partial charge in [-0.15, -0.1) is 0 Å². The van der Waals surface area contributed by atoms with E-state index in [0.29, 0.717) is 12.5 Å². The third kappa shape index (κ3) is 3.87. The highest BCUT2D eigenvalue weighted by molar-refractivity contribution is 5.74. The van der Waals surface area contributed by atoms with E-state index in [1.54, 1.807) is 0 Å². The molecular weight excluding hydrogens is 256 g/mol. The zero-order valence-electron chi connectivity index (χ0n) is 12.3. The molecule has 0 radical (unpaired) electrons. The minimum absolute atomic E-state index is 0.0184. The number of carbonyl (C=O) groups is 2. The van der Waals surface area contributed by atoms with Gasteiger partial charge in [0.15, 0.2) is 0 Å². The Morgan fingerprint density at radius 1 is 1.15 bits per heavy atom. The van der Waals surface area contributed by atoms with E-state index in [4.69, 9.17) is 5.11 Å². The molecule has 1 aliphatic carbocycles. The Morgan fingerprint density at radius 2 is 1.95 bits per heavy atom. The summed E-state index contributed by atoms with van der Waals surface area (Å²) in [6.45, 7) is 4.38. The lowest BCUT2D eigenvalue weighted by Gasteiger charge is -2.23. The van der Waals surface area contributed by atoms with E-state index in [0.717, 1.165) is 45.2 Å². The highest BCUT2D eigenvalue weighted by Gasteiger charge is 2.33. The molecule has 5 heteroatoms. The molecule has 0 spiro atoms. The van der Waals surface area contributed by atoms with Crippen molar-refractivity contribution >= 4 is 12.0 Å². The van der Waals surface area contributed by atoms with Crippen molar-refractivity contribution in [1.82, 2.24) is 10.2 Å². The molecule has 1 aliphatic heterocycles. The molecule has 1 heterocycles. The van der Waals surface area contributed by atoms with Crippen molar-refractivity contribution in [1.29, 1.82) is 0 Å². The molecule has 3 atom stereocenters. The predicted molar refractivity (Wildman–Crippen MR) is 76.5 cm³/mol. The Hall–Kier alpha value is -1.26.